The van der Waals surface area contributed by atoms with Gasteiger partial charge in [0, 0.05) is 5.56 Å². The molecule has 0 radical (unpaired) electrons. The molecular formula is C15H21NO2S. The van der Waals surface area contributed by atoms with E-state index in [1.807, 2.05) is 12.1 Å². The fourth-order valence-corrected chi connectivity index (χ4v) is 3.14. The molecule has 1 N–H and O–H groups in total. The maximum absolute atomic E-state index is 11.5. The minimum absolute atomic E-state index is 0.225. The number of nitrogens with zero attached hydrogens (tertiary/aromatic N) is 1. The van der Waals surface area contributed by atoms with Crippen LogP contribution in [0, 0.1) is 0 Å². The van der Waals surface area contributed by atoms with Crippen LogP contribution in [0.15, 0.2) is 29.3 Å². The first kappa shape index (κ1) is 14.4. The highest BCUT2D eigenvalue weighted by Gasteiger charge is 2.18. The number of aliphatic imine (C=N–C) groups is 1. The maximum atomic E-state index is 11.5. The predicted octanol–water partition coefficient (Wildman–Crippen LogP) is 2.89. The zero-order valence-electron chi connectivity index (χ0n) is 11.3. The van der Waals surface area contributed by atoms with Gasteiger partial charge in [-0.2, -0.15) is 0 Å². The first-order valence-electron chi connectivity index (χ1n) is 6.82. The van der Waals surface area contributed by atoms with Crippen molar-refractivity contribution < 1.29 is 9.66 Å². The first-order chi connectivity index (χ1) is 9.16. The van der Waals surface area contributed by atoms with Gasteiger partial charge in [0.15, 0.2) is 0 Å². The van der Waals surface area contributed by atoms with Crippen molar-refractivity contribution in [2.45, 2.75) is 38.1 Å². The van der Waals surface area contributed by atoms with Crippen molar-refractivity contribution in [3.8, 4) is 5.75 Å². The third-order valence-corrected chi connectivity index (χ3v) is 4.15. The molecule has 0 aromatic heterocycles. The maximum Gasteiger partial charge on any atom is 0.147 e. The molecule has 104 valence electrons. The second kappa shape index (κ2) is 6.96. The molecule has 1 saturated carbocycles. The van der Waals surface area contributed by atoms with Gasteiger partial charge in [-0.15, -0.1) is 0 Å². The summed E-state index contributed by atoms with van der Waals surface area (Å²) in [6.07, 6.45) is 7.61. The summed E-state index contributed by atoms with van der Waals surface area (Å²) in [5, 5.41) is 9.94. The second-order valence-corrected chi connectivity index (χ2v) is 6.54. The Balaban J connectivity index is 2.24. The minimum Gasteiger partial charge on any atom is -0.616 e. The molecule has 4 heteroatoms. The standard InChI is InChI=1S/C15H21NO2S/c1-19(18)11-14(13-9-5-6-10-15(13)17)16-12-7-3-2-4-8-12/h5-6,9-10,12,17H,2-4,7-8,11H2,1H3/b16-14+. The molecule has 0 heterocycles. The Hall–Kier alpha value is -1.00. The Morgan fingerprint density at radius 2 is 2.00 bits per heavy atom. The van der Waals surface area contributed by atoms with Crippen LogP contribution in [0.5, 0.6) is 5.75 Å². The highest BCUT2D eigenvalue weighted by atomic mass is 32.2. The number of hydrogen-bond acceptors (Lipinski definition) is 3. The molecule has 0 aliphatic heterocycles. The SMILES string of the molecule is C[S+]([O-])C/C(=N\C1CCCCC1)c1ccccc1O. The molecule has 1 aromatic rings. The minimum atomic E-state index is -0.951. The largest absolute Gasteiger partial charge is 0.616 e. The summed E-state index contributed by atoms with van der Waals surface area (Å²) >= 11 is -0.951. The Bertz CT molecular complexity index is 440. The summed E-state index contributed by atoms with van der Waals surface area (Å²) in [7, 11) is 0. The van der Waals surface area contributed by atoms with Crippen molar-refractivity contribution in [2.75, 3.05) is 12.0 Å². The van der Waals surface area contributed by atoms with Gasteiger partial charge in [-0.1, -0.05) is 42.6 Å². The van der Waals surface area contributed by atoms with Crippen molar-refractivity contribution in [2.24, 2.45) is 4.99 Å². The van der Waals surface area contributed by atoms with Crippen LogP contribution in [-0.2, 0) is 11.2 Å². The van der Waals surface area contributed by atoms with Crippen LogP contribution in [0.25, 0.3) is 0 Å². The molecule has 0 amide bonds. The van der Waals surface area contributed by atoms with Crippen molar-refractivity contribution in [1.29, 1.82) is 0 Å². The van der Waals surface area contributed by atoms with Crippen LogP contribution in [-0.4, -0.2) is 33.4 Å². The van der Waals surface area contributed by atoms with E-state index in [0.717, 1.165) is 24.1 Å². The number of para-hydroxylation sites is 1. The average Bonchev–Trinajstić information content (AvgIpc) is 2.39. The van der Waals surface area contributed by atoms with Crippen molar-refractivity contribution >= 4 is 16.9 Å². The topological polar surface area (TPSA) is 55.7 Å². The fraction of sp³-hybridized carbons (Fsp3) is 0.533. The molecule has 0 bridgehead atoms. The van der Waals surface area contributed by atoms with E-state index in [-0.39, 0.29) is 5.75 Å². The smallest absolute Gasteiger partial charge is 0.147 e. The zero-order valence-corrected chi connectivity index (χ0v) is 12.2. The molecule has 19 heavy (non-hydrogen) atoms. The van der Waals surface area contributed by atoms with E-state index in [2.05, 4.69) is 0 Å². The van der Waals surface area contributed by atoms with Gasteiger partial charge in [0.2, 0.25) is 0 Å². The molecule has 1 aromatic carbocycles. The van der Waals surface area contributed by atoms with E-state index in [1.165, 1.54) is 19.3 Å². The van der Waals surface area contributed by atoms with Gasteiger partial charge in [0.05, 0.1) is 18.0 Å². The van der Waals surface area contributed by atoms with Crippen LogP contribution < -0.4 is 0 Å². The summed E-state index contributed by atoms with van der Waals surface area (Å²) in [5.41, 5.74) is 1.51. The highest BCUT2D eigenvalue weighted by Crippen LogP contribution is 2.23. The lowest BCUT2D eigenvalue weighted by Gasteiger charge is -2.20. The van der Waals surface area contributed by atoms with Gasteiger partial charge in [-0.25, -0.2) is 0 Å². The second-order valence-electron chi connectivity index (χ2n) is 5.10. The lowest BCUT2D eigenvalue weighted by atomic mass is 9.95. The summed E-state index contributed by atoms with van der Waals surface area (Å²) in [6.45, 7) is 0. The third kappa shape index (κ3) is 4.25. The Morgan fingerprint density at radius 1 is 1.32 bits per heavy atom. The summed E-state index contributed by atoms with van der Waals surface area (Å²) in [6, 6.07) is 7.50. The summed E-state index contributed by atoms with van der Waals surface area (Å²) in [4.78, 5) is 4.77. The molecule has 3 nitrogen and oxygen atoms in total. The normalized spacial score (nSPS) is 19.4. The van der Waals surface area contributed by atoms with Gasteiger partial charge >= 0.3 is 0 Å². The van der Waals surface area contributed by atoms with Crippen molar-refractivity contribution in [3.63, 3.8) is 0 Å². The molecule has 1 aliphatic rings. The third-order valence-electron chi connectivity index (χ3n) is 3.47. The lowest BCUT2D eigenvalue weighted by Crippen LogP contribution is -2.20. The van der Waals surface area contributed by atoms with Crippen LogP contribution in [0.2, 0.25) is 0 Å². The Kier molecular flexibility index (Phi) is 5.28. The summed E-state index contributed by atoms with van der Waals surface area (Å²) in [5.74, 6) is 0.635. The van der Waals surface area contributed by atoms with Gasteiger partial charge in [0.1, 0.15) is 11.5 Å². The van der Waals surface area contributed by atoms with Crippen LogP contribution >= 0.6 is 0 Å². The number of phenols is 1. The van der Waals surface area contributed by atoms with Gasteiger partial charge < -0.3 is 9.66 Å². The van der Waals surface area contributed by atoms with Gasteiger partial charge in [0.25, 0.3) is 0 Å². The van der Waals surface area contributed by atoms with E-state index in [4.69, 9.17) is 4.99 Å². The zero-order chi connectivity index (χ0) is 13.7. The molecule has 2 rings (SSSR count). The van der Waals surface area contributed by atoms with E-state index in [0.29, 0.717) is 11.8 Å². The fourth-order valence-electron chi connectivity index (χ4n) is 2.53. The van der Waals surface area contributed by atoms with Crippen molar-refractivity contribution in [1.82, 2.24) is 0 Å². The quantitative estimate of drug-likeness (QED) is 0.680. The Labute approximate surface area is 117 Å². The first-order valence-corrected chi connectivity index (χ1v) is 8.54. The van der Waals surface area contributed by atoms with Crippen LogP contribution in [0.3, 0.4) is 0 Å². The molecular weight excluding hydrogens is 258 g/mol. The predicted molar refractivity (Wildman–Crippen MR) is 80.5 cm³/mol. The number of phenolic OH excluding ortho intramolecular Hbond substituents is 1. The van der Waals surface area contributed by atoms with E-state index >= 15 is 0 Å². The van der Waals surface area contributed by atoms with Crippen molar-refractivity contribution in [3.05, 3.63) is 29.8 Å². The highest BCUT2D eigenvalue weighted by molar-refractivity contribution is 7.91. The molecule has 1 aliphatic carbocycles. The van der Waals surface area contributed by atoms with E-state index in [1.54, 1.807) is 18.4 Å². The monoisotopic (exact) mass is 279 g/mol. The average molecular weight is 279 g/mol. The molecule has 1 fully saturated rings. The number of benzene rings is 1. The molecule has 1 atom stereocenters. The van der Waals surface area contributed by atoms with E-state index < -0.39 is 11.2 Å². The van der Waals surface area contributed by atoms with Gasteiger partial charge in [-0.05, 0) is 25.0 Å². The summed E-state index contributed by atoms with van der Waals surface area (Å²) < 4.78 is 11.5. The molecule has 0 saturated heterocycles. The lowest BCUT2D eigenvalue weighted by molar-refractivity contribution is 0.443. The van der Waals surface area contributed by atoms with E-state index in [9.17, 15) is 9.66 Å². The Morgan fingerprint density at radius 3 is 2.63 bits per heavy atom. The van der Waals surface area contributed by atoms with Crippen LogP contribution in [0.1, 0.15) is 37.7 Å². The number of hydrogen-bond donors (Lipinski definition) is 1. The molecule has 1 unspecified atom stereocenters. The number of aromatic hydroxyl groups is 1. The number of rotatable bonds is 4. The van der Waals surface area contributed by atoms with Crippen LogP contribution in [0.4, 0.5) is 0 Å². The molecule has 0 spiro atoms. The van der Waals surface area contributed by atoms with Gasteiger partial charge in [-0.3, -0.25) is 4.99 Å².